The summed E-state index contributed by atoms with van der Waals surface area (Å²) in [5.74, 6) is 0.784. The van der Waals surface area contributed by atoms with E-state index in [1.165, 1.54) is 0 Å². The molecular formula is C12H15N7. The summed E-state index contributed by atoms with van der Waals surface area (Å²) in [4.78, 5) is 8.51. The Labute approximate surface area is 110 Å². The monoisotopic (exact) mass is 257 g/mol. The summed E-state index contributed by atoms with van der Waals surface area (Å²) in [5.41, 5.74) is 2.91. The Hall–Kier alpha value is -2.28. The van der Waals surface area contributed by atoms with Crippen LogP contribution in [-0.2, 0) is 20.1 Å². The van der Waals surface area contributed by atoms with E-state index < -0.39 is 0 Å². The molecule has 0 radical (unpaired) electrons. The van der Waals surface area contributed by atoms with Gasteiger partial charge in [-0.1, -0.05) is 0 Å². The predicted octanol–water partition coefficient (Wildman–Crippen LogP) is 0.456. The van der Waals surface area contributed by atoms with Crippen LogP contribution in [0.3, 0.4) is 0 Å². The number of nitrogens with one attached hydrogen (secondary N) is 1. The van der Waals surface area contributed by atoms with E-state index in [2.05, 4.69) is 25.5 Å². The van der Waals surface area contributed by atoms with Crippen LogP contribution in [0.4, 0.5) is 0 Å². The van der Waals surface area contributed by atoms with E-state index in [-0.39, 0.29) is 0 Å². The van der Waals surface area contributed by atoms with Crippen molar-refractivity contribution in [1.29, 1.82) is 0 Å². The molecule has 0 bridgehead atoms. The quantitative estimate of drug-likeness (QED) is 0.735. The van der Waals surface area contributed by atoms with E-state index in [1.54, 1.807) is 15.5 Å². The van der Waals surface area contributed by atoms with Gasteiger partial charge in [-0.15, -0.1) is 0 Å². The van der Waals surface area contributed by atoms with Crippen LogP contribution in [0.15, 0.2) is 24.8 Å². The van der Waals surface area contributed by atoms with Crippen molar-refractivity contribution >= 4 is 5.65 Å². The Balaban J connectivity index is 1.64. The zero-order valence-corrected chi connectivity index (χ0v) is 10.9. The van der Waals surface area contributed by atoms with Gasteiger partial charge < -0.3 is 5.32 Å². The van der Waals surface area contributed by atoms with Gasteiger partial charge in [0.1, 0.15) is 6.33 Å². The SMILES string of the molecule is Cc1cc2ncc(CNCc3ncn(C)n3)cn2n1. The van der Waals surface area contributed by atoms with Crippen LogP contribution in [0.2, 0.25) is 0 Å². The van der Waals surface area contributed by atoms with Crippen LogP contribution in [0, 0.1) is 6.92 Å². The number of rotatable bonds is 4. The van der Waals surface area contributed by atoms with Crippen molar-refractivity contribution < 1.29 is 0 Å². The molecule has 0 saturated heterocycles. The maximum absolute atomic E-state index is 4.36. The highest BCUT2D eigenvalue weighted by Gasteiger charge is 2.02. The summed E-state index contributed by atoms with van der Waals surface area (Å²) < 4.78 is 3.49. The number of aryl methyl sites for hydroxylation is 2. The van der Waals surface area contributed by atoms with Gasteiger partial charge in [-0.05, 0) is 6.92 Å². The molecule has 0 atom stereocenters. The molecule has 0 aliphatic carbocycles. The highest BCUT2D eigenvalue weighted by molar-refractivity contribution is 5.38. The smallest absolute Gasteiger partial charge is 0.164 e. The third-order valence-corrected chi connectivity index (χ3v) is 2.75. The minimum Gasteiger partial charge on any atom is -0.306 e. The Kier molecular flexibility index (Phi) is 2.96. The first kappa shape index (κ1) is 11.8. The summed E-state index contributed by atoms with van der Waals surface area (Å²) >= 11 is 0. The zero-order valence-electron chi connectivity index (χ0n) is 10.9. The predicted molar refractivity (Wildman–Crippen MR) is 69.3 cm³/mol. The summed E-state index contributed by atoms with van der Waals surface area (Å²) in [6.45, 7) is 3.30. The van der Waals surface area contributed by atoms with Crippen molar-refractivity contribution in [3.63, 3.8) is 0 Å². The van der Waals surface area contributed by atoms with Crippen molar-refractivity contribution in [2.75, 3.05) is 0 Å². The van der Waals surface area contributed by atoms with E-state index in [9.17, 15) is 0 Å². The normalized spacial score (nSPS) is 11.3. The second-order valence-electron chi connectivity index (χ2n) is 4.49. The highest BCUT2D eigenvalue weighted by Crippen LogP contribution is 2.04. The van der Waals surface area contributed by atoms with Gasteiger partial charge in [-0.3, -0.25) is 4.68 Å². The fraction of sp³-hybridized carbons (Fsp3) is 0.333. The van der Waals surface area contributed by atoms with Gasteiger partial charge in [0.05, 0.1) is 12.2 Å². The molecule has 0 aliphatic heterocycles. The van der Waals surface area contributed by atoms with Gasteiger partial charge >= 0.3 is 0 Å². The molecule has 0 aliphatic rings. The minimum absolute atomic E-state index is 0.636. The Morgan fingerprint density at radius 3 is 2.89 bits per heavy atom. The first-order valence-electron chi connectivity index (χ1n) is 6.07. The van der Waals surface area contributed by atoms with Crippen LogP contribution in [0.1, 0.15) is 17.1 Å². The van der Waals surface area contributed by atoms with Crippen molar-refractivity contribution in [2.24, 2.45) is 7.05 Å². The first-order valence-corrected chi connectivity index (χ1v) is 6.07. The fourth-order valence-electron chi connectivity index (χ4n) is 1.91. The molecular weight excluding hydrogens is 242 g/mol. The van der Waals surface area contributed by atoms with Crippen molar-refractivity contribution in [2.45, 2.75) is 20.0 Å². The average molecular weight is 257 g/mol. The maximum Gasteiger partial charge on any atom is 0.164 e. The molecule has 0 unspecified atom stereocenters. The van der Waals surface area contributed by atoms with Crippen LogP contribution >= 0.6 is 0 Å². The second kappa shape index (κ2) is 4.77. The molecule has 98 valence electrons. The number of aromatic nitrogens is 6. The van der Waals surface area contributed by atoms with E-state index in [1.807, 2.05) is 32.4 Å². The number of hydrogen-bond acceptors (Lipinski definition) is 5. The molecule has 19 heavy (non-hydrogen) atoms. The number of hydrogen-bond donors (Lipinski definition) is 1. The largest absolute Gasteiger partial charge is 0.306 e. The van der Waals surface area contributed by atoms with E-state index in [0.29, 0.717) is 13.1 Å². The van der Waals surface area contributed by atoms with Crippen molar-refractivity contribution in [3.8, 4) is 0 Å². The number of fused-ring (bicyclic) bond motifs is 1. The maximum atomic E-state index is 4.36. The Bertz CT molecular complexity index is 697. The molecule has 0 aromatic carbocycles. The third kappa shape index (κ3) is 2.60. The number of nitrogens with zero attached hydrogens (tertiary/aromatic N) is 6. The molecule has 1 N–H and O–H groups in total. The molecule has 3 aromatic heterocycles. The second-order valence-corrected chi connectivity index (χ2v) is 4.49. The third-order valence-electron chi connectivity index (χ3n) is 2.75. The lowest BCUT2D eigenvalue weighted by Crippen LogP contribution is -2.14. The van der Waals surface area contributed by atoms with Crippen molar-refractivity contribution in [3.05, 3.63) is 41.9 Å². The summed E-state index contributed by atoms with van der Waals surface area (Å²) in [6, 6.07) is 1.95. The summed E-state index contributed by atoms with van der Waals surface area (Å²) in [7, 11) is 1.86. The molecule has 0 amide bonds. The van der Waals surface area contributed by atoms with Gasteiger partial charge in [0.25, 0.3) is 0 Å². The lowest BCUT2D eigenvalue weighted by Gasteiger charge is -2.02. The van der Waals surface area contributed by atoms with Gasteiger partial charge in [0.15, 0.2) is 11.5 Å². The van der Waals surface area contributed by atoms with Crippen LogP contribution in [0.5, 0.6) is 0 Å². The Morgan fingerprint density at radius 1 is 1.21 bits per heavy atom. The van der Waals surface area contributed by atoms with E-state index in [0.717, 1.165) is 22.7 Å². The zero-order chi connectivity index (χ0) is 13.2. The molecule has 0 fully saturated rings. The standard InChI is InChI=1S/C12H15N7/c1-9-3-12-14-5-10(7-19(12)16-9)4-13-6-11-15-8-18(2)17-11/h3,5,7-8,13H,4,6H2,1-2H3. The summed E-state index contributed by atoms with van der Waals surface area (Å²) in [5, 5.41) is 11.8. The van der Waals surface area contributed by atoms with Gasteiger partial charge in [-0.2, -0.15) is 10.2 Å². The van der Waals surface area contributed by atoms with E-state index >= 15 is 0 Å². The van der Waals surface area contributed by atoms with Crippen LogP contribution < -0.4 is 5.32 Å². The average Bonchev–Trinajstić information content (AvgIpc) is 2.94. The minimum atomic E-state index is 0.636. The highest BCUT2D eigenvalue weighted by atomic mass is 15.3. The molecule has 0 saturated carbocycles. The van der Waals surface area contributed by atoms with E-state index in [4.69, 9.17) is 0 Å². The van der Waals surface area contributed by atoms with Crippen LogP contribution in [-0.4, -0.2) is 29.4 Å². The molecule has 7 nitrogen and oxygen atoms in total. The Morgan fingerprint density at radius 2 is 2.11 bits per heavy atom. The van der Waals surface area contributed by atoms with Crippen LogP contribution in [0.25, 0.3) is 5.65 Å². The molecule has 3 rings (SSSR count). The first-order chi connectivity index (χ1) is 9.20. The summed E-state index contributed by atoms with van der Waals surface area (Å²) in [6.07, 6.45) is 5.53. The molecule has 3 aromatic rings. The lowest BCUT2D eigenvalue weighted by atomic mass is 10.3. The van der Waals surface area contributed by atoms with Crippen molar-refractivity contribution in [1.82, 2.24) is 34.7 Å². The topological polar surface area (TPSA) is 72.9 Å². The lowest BCUT2D eigenvalue weighted by molar-refractivity contribution is 0.645. The molecule has 0 spiro atoms. The molecule has 7 heteroatoms. The van der Waals surface area contributed by atoms with Gasteiger partial charge in [0.2, 0.25) is 0 Å². The van der Waals surface area contributed by atoms with Gasteiger partial charge in [-0.25, -0.2) is 14.5 Å². The molecule has 3 heterocycles. The van der Waals surface area contributed by atoms with Gasteiger partial charge in [0, 0.05) is 37.6 Å². The fourth-order valence-corrected chi connectivity index (χ4v) is 1.91.